The van der Waals surface area contributed by atoms with E-state index in [2.05, 4.69) is 24.8 Å². The highest BCUT2D eigenvalue weighted by molar-refractivity contribution is 5.42. The molecule has 106 valence electrons. The molecule has 0 aromatic heterocycles. The van der Waals surface area contributed by atoms with Crippen molar-refractivity contribution in [2.45, 2.75) is 58.9 Å². The third-order valence-electron chi connectivity index (χ3n) is 4.26. The highest BCUT2D eigenvalue weighted by Gasteiger charge is 2.24. The van der Waals surface area contributed by atoms with Crippen LogP contribution < -0.4 is 0 Å². The molecule has 0 radical (unpaired) electrons. The van der Waals surface area contributed by atoms with Crippen LogP contribution in [0.5, 0.6) is 5.75 Å². The lowest BCUT2D eigenvalue weighted by molar-refractivity contribution is 0.180. The van der Waals surface area contributed by atoms with E-state index in [-0.39, 0.29) is 0 Å². The van der Waals surface area contributed by atoms with E-state index in [4.69, 9.17) is 0 Å². The van der Waals surface area contributed by atoms with Gasteiger partial charge in [0, 0.05) is 6.04 Å². The minimum Gasteiger partial charge on any atom is -0.508 e. The van der Waals surface area contributed by atoms with E-state index in [1.54, 1.807) is 0 Å². The van der Waals surface area contributed by atoms with Crippen molar-refractivity contribution >= 4 is 0 Å². The van der Waals surface area contributed by atoms with Gasteiger partial charge in [-0.05, 0) is 74.9 Å². The smallest absolute Gasteiger partial charge is 0.118 e. The highest BCUT2D eigenvalue weighted by atomic mass is 16.3. The molecule has 0 unspecified atom stereocenters. The Labute approximate surface area is 117 Å². The van der Waals surface area contributed by atoms with E-state index >= 15 is 0 Å². The molecule has 0 bridgehead atoms. The molecule has 2 heteroatoms. The Morgan fingerprint density at radius 3 is 2.47 bits per heavy atom. The number of aromatic hydroxyl groups is 1. The molecule has 19 heavy (non-hydrogen) atoms. The maximum Gasteiger partial charge on any atom is 0.118 e. The fourth-order valence-electron chi connectivity index (χ4n) is 3.26. The molecule has 1 N–H and O–H groups in total. The van der Waals surface area contributed by atoms with Crippen LogP contribution >= 0.6 is 0 Å². The third kappa shape index (κ3) is 3.30. The summed E-state index contributed by atoms with van der Waals surface area (Å²) >= 11 is 0. The summed E-state index contributed by atoms with van der Waals surface area (Å²) in [5, 5.41) is 9.81. The van der Waals surface area contributed by atoms with Crippen molar-refractivity contribution in [1.29, 1.82) is 0 Å². The Hall–Kier alpha value is -1.02. The number of hydrogen-bond donors (Lipinski definition) is 1. The van der Waals surface area contributed by atoms with Crippen LogP contribution in [0, 0.1) is 6.92 Å². The quantitative estimate of drug-likeness (QED) is 0.874. The summed E-state index contributed by atoms with van der Waals surface area (Å²) in [5.74, 6) is 0.455. The zero-order valence-corrected chi connectivity index (χ0v) is 12.6. The highest BCUT2D eigenvalue weighted by Crippen LogP contribution is 2.30. The van der Waals surface area contributed by atoms with Crippen LogP contribution in [-0.4, -0.2) is 29.1 Å². The number of rotatable bonds is 5. The van der Waals surface area contributed by atoms with E-state index < -0.39 is 0 Å². The maximum atomic E-state index is 9.81. The molecular formula is C17H27NO. The van der Waals surface area contributed by atoms with E-state index in [1.165, 1.54) is 43.5 Å². The van der Waals surface area contributed by atoms with Crippen LogP contribution in [0.2, 0.25) is 0 Å². The van der Waals surface area contributed by atoms with Crippen molar-refractivity contribution in [2.24, 2.45) is 0 Å². The van der Waals surface area contributed by atoms with Gasteiger partial charge in [0.25, 0.3) is 0 Å². The number of phenolic OH excluding ortho intramolecular Hbond substituents is 1. The van der Waals surface area contributed by atoms with Crippen molar-refractivity contribution in [1.82, 2.24) is 4.90 Å². The second-order valence-electron chi connectivity index (χ2n) is 5.84. The average Bonchev–Trinajstić information content (AvgIpc) is 2.39. The van der Waals surface area contributed by atoms with Gasteiger partial charge in [-0.15, -0.1) is 0 Å². The fourth-order valence-corrected chi connectivity index (χ4v) is 3.26. The first-order valence-corrected chi connectivity index (χ1v) is 7.71. The van der Waals surface area contributed by atoms with Crippen LogP contribution in [0.4, 0.5) is 0 Å². The van der Waals surface area contributed by atoms with Gasteiger partial charge < -0.3 is 10.0 Å². The Morgan fingerprint density at radius 2 is 1.84 bits per heavy atom. The normalized spacial score (nSPS) is 18.6. The summed E-state index contributed by atoms with van der Waals surface area (Å²) in [6.45, 7) is 8.95. The van der Waals surface area contributed by atoms with Gasteiger partial charge in [0.05, 0.1) is 0 Å². The molecule has 1 aliphatic rings. The molecule has 2 rings (SSSR count). The van der Waals surface area contributed by atoms with Gasteiger partial charge in [0.1, 0.15) is 5.75 Å². The molecule has 1 atom stereocenters. The Kier molecular flexibility index (Phi) is 4.87. The average molecular weight is 261 g/mol. The monoisotopic (exact) mass is 261 g/mol. The van der Waals surface area contributed by atoms with Gasteiger partial charge in [-0.1, -0.05) is 19.9 Å². The first-order valence-electron chi connectivity index (χ1n) is 7.71. The van der Waals surface area contributed by atoms with Gasteiger partial charge in [0.2, 0.25) is 0 Å². The molecule has 1 aromatic carbocycles. The van der Waals surface area contributed by atoms with Gasteiger partial charge in [0.15, 0.2) is 0 Å². The zero-order valence-electron chi connectivity index (χ0n) is 12.6. The van der Waals surface area contributed by atoms with Crippen molar-refractivity contribution in [3.05, 3.63) is 28.8 Å². The summed E-state index contributed by atoms with van der Waals surface area (Å²) in [7, 11) is 0. The molecule has 1 aromatic rings. The lowest BCUT2D eigenvalue weighted by atomic mass is 9.86. The maximum absolute atomic E-state index is 9.81. The zero-order chi connectivity index (χ0) is 13.8. The van der Waals surface area contributed by atoms with Crippen LogP contribution in [0.1, 0.15) is 49.8 Å². The first-order chi connectivity index (χ1) is 9.15. The number of aryl methyl sites for hydroxylation is 2. The second-order valence-corrected chi connectivity index (χ2v) is 5.84. The minimum absolute atomic E-state index is 0.455. The predicted octanol–water partition coefficient (Wildman–Crippen LogP) is 3.68. The lowest BCUT2D eigenvalue weighted by Gasteiger charge is -2.35. The molecule has 0 amide bonds. The summed E-state index contributed by atoms with van der Waals surface area (Å²) < 4.78 is 0. The first kappa shape index (κ1) is 14.4. The molecule has 0 heterocycles. The van der Waals surface area contributed by atoms with Gasteiger partial charge >= 0.3 is 0 Å². The van der Waals surface area contributed by atoms with Crippen LogP contribution in [0.3, 0.4) is 0 Å². The molecule has 1 aliphatic carbocycles. The van der Waals surface area contributed by atoms with Crippen LogP contribution in [-0.2, 0) is 12.8 Å². The molecule has 0 fully saturated rings. The molecule has 0 saturated heterocycles. The lowest BCUT2D eigenvalue weighted by Crippen LogP contribution is -2.40. The van der Waals surface area contributed by atoms with E-state index in [0.717, 1.165) is 18.4 Å². The number of hydrogen-bond acceptors (Lipinski definition) is 2. The predicted molar refractivity (Wildman–Crippen MR) is 80.8 cm³/mol. The summed E-state index contributed by atoms with van der Waals surface area (Å²) in [4.78, 5) is 2.66. The van der Waals surface area contributed by atoms with Crippen LogP contribution in [0.25, 0.3) is 0 Å². The molecule has 0 saturated carbocycles. The summed E-state index contributed by atoms with van der Waals surface area (Å²) in [6, 6.07) is 4.86. The number of benzene rings is 1. The van der Waals surface area contributed by atoms with Gasteiger partial charge in [-0.25, -0.2) is 0 Å². The topological polar surface area (TPSA) is 23.5 Å². The number of nitrogens with zero attached hydrogens (tertiary/aromatic N) is 1. The fraction of sp³-hybridized carbons (Fsp3) is 0.647. The number of fused-ring (bicyclic) bond motifs is 1. The third-order valence-corrected chi connectivity index (χ3v) is 4.26. The summed E-state index contributed by atoms with van der Waals surface area (Å²) in [5.41, 5.74) is 3.81. The molecular weight excluding hydrogens is 234 g/mol. The van der Waals surface area contributed by atoms with E-state index in [1.807, 2.05) is 13.0 Å². The standard InChI is InChI=1S/C17H27NO/c1-4-8-18(9-5-2)16-7-6-14-12-17(19)13(3)10-15(14)11-16/h10,12,16,19H,4-9,11H2,1-3H3/t16-/m1/s1. The Bertz CT molecular complexity index is 422. The molecule has 0 spiro atoms. The number of phenols is 1. The van der Waals surface area contributed by atoms with Crippen LogP contribution in [0.15, 0.2) is 12.1 Å². The van der Waals surface area contributed by atoms with E-state index in [9.17, 15) is 5.11 Å². The van der Waals surface area contributed by atoms with Crippen molar-refractivity contribution in [3.8, 4) is 5.75 Å². The van der Waals surface area contributed by atoms with Crippen molar-refractivity contribution < 1.29 is 5.11 Å². The van der Waals surface area contributed by atoms with Gasteiger partial charge in [-0.3, -0.25) is 0 Å². The Balaban J connectivity index is 2.14. The largest absolute Gasteiger partial charge is 0.508 e. The van der Waals surface area contributed by atoms with E-state index in [0.29, 0.717) is 11.8 Å². The van der Waals surface area contributed by atoms with Gasteiger partial charge in [-0.2, -0.15) is 0 Å². The van der Waals surface area contributed by atoms with Crippen molar-refractivity contribution in [3.63, 3.8) is 0 Å². The summed E-state index contributed by atoms with van der Waals surface area (Å²) in [6.07, 6.45) is 5.96. The molecule has 2 nitrogen and oxygen atoms in total. The Morgan fingerprint density at radius 1 is 1.16 bits per heavy atom. The van der Waals surface area contributed by atoms with Crippen molar-refractivity contribution in [2.75, 3.05) is 13.1 Å². The minimum atomic E-state index is 0.455. The molecule has 0 aliphatic heterocycles. The second kappa shape index (κ2) is 6.42. The SMILES string of the molecule is CCCN(CCC)[C@@H]1CCc2cc(O)c(C)cc2C1.